The van der Waals surface area contributed by atoms with Crippen LogP contribution in [-0.4, -0.2) is 4.98 Å². The van der Waals surface area contributed by atoms with Gasteiger partial charge in [-0.2, -0.15) is 0 Å². The van der Waals surface area contributed by atoms with Crippen molar-refractivity contribution >= 4 is 54.4 Å². The number of fused-ring (bicyclic) bond motifs is 1. The summed E-state index contributed by atoms with van der Waals surface area (Å²) in [7, 11) is 0. The fraction of sp³-hybridized carbons (Fsp3) is 0.357. The third-order valence-corrected chi connectivity index (χ3v) is 4.95. The van der Waals surface area contributed by atoms with Crippen LogP contribution >= 0.6 is 43.5 Å². The highest BCUT2D eigenvalue weighted by Crippen LogP contribution is 2.38. The van der Waals surface area contributed by atoms with E-state index in [2.05, 4.69) is 31.9 Å². The Balaban J connectivity index is 2.20. The summed E-state index contributed by atoms with van der Waals surface area (Å²) >= 11 is 13.5. The summed E-state index contributed by atoms with van der Waals surface area (Å²) in [5, 5.41) is 1.79. The Bertz CT molecular complexity index is 606. The summed E-state index contributed by atoms with van der Waals surface area (Å²) in [5.41, 5.74) is 2.11. The Kier molecular flexibility index (Phi) is 3.65. The average molecular weight is 390 g/mol. The number of rotatable bonds is 1. The monoisotopic (exact) mass is 387 g/mol. The molecule has 0 bridgehead atoms. The molecule has 94 valence electrons. The van der Waals surface area contributed by atoms with Crippen molar-refractivity contribution in [3.63, 3.8) is 0 Å². The second-order valence-electron chi connectivity index (χ2n) is 4.79. The van der Waals surface area contributed by atoms with Crippen LogP contribution in [-0.2, 0) is 0 Å². The van der Waals surface area contributed by atoms with Gasteiger partial charge >= 0.3 is 0 Å². The molecular formula is C14H12Br2ClN. The predicted octanol–water partition coefficient (Wildman–Crippen LogP) is 6.07. The molecule has 2 aromatic rings. The topological polar surface area (TPSA) is 12.9 Å². The van der Waals surface area contributed by atoms with E-state index in [0.717, 1.165) is 30.6 Å². The minimum atomic E-state index is 0.586. The molecule has 0 N–H and O–H groups in total. The number of aromatic nitrogens is 1. The summed E-state index contributed by atoms with van der Waals surface area (Å²) in [5.74, 6) is 0.586. The van der Waals surface area contributed by atoms with Gasteiger partial charge in [0.1, 0.15) is 0 Å². The predicted molar refractivity (Wildman–Crippen MR) is 83.4 cm³/mol. The number of hydrogen-bond donors (Lipinski definition) is 0. The fourth-order valence-corrected chi connectivity index (χ4v) is 4.23. The van der Waals surface area contributed by atoms with Crippen LogP contribution in [0, 0.1) is 0 Å². The summed E-state index contributed by atoms with van der Waals surface area (Å²) in [6.45, 7) is 0. The summed E-state index contributed by atoms with van der Waals surface area (Å²) < 4.78 is 2.01. The van der Waals surface area contributed by atoms with Crippen molar-refractivity contribution in [2.45, 2.75) is 31.6 Å². The molecule has 4 heteroatoms. The van der Waals surface area contributed by atoms with Crippen molar-refractivity contribution in [2.24, 2.45) is 0 Å². The third kappa shape index (κ3) is 2.33. The van der Waals surface area contributed by atoms with Crippen LogP contribution in [0.4, 0.5) is 0 Å². The van der Waals surface area contributed by atoms with Gasteiger partial charge in [-0.15, -0.1) is 0 Å². The summed E-state index contributed by atoms with van der Waals surface area (Å²) in [4.78, 5) is 4.81. The lowest BCUT2D eigenvalue weighted by atomic mass is 10.0. The Morgan fingerprint density at radius 1 is 1.11 bits per heavy atom. The Morgan fingerprint density at radius 2 is 1.83 bits per heavy atom. The maximum atomic E-state index is 6.40. The van der Waals surface area contributed by atoms with Gasteiger partial charge in [-0.3, -0.25) is 4.98 Å². The highest BCUT2D eigenvalue weighted by molar-refractivity contribution is 9.11. The van der Waals surface area contributed by atoms with Crippen LogP contribution in [0.3, 0.4) is 0 Å². The van der Waals surface area contributed by atoms with Crippen LogP contribution in [0.15, 0.2) is 27.1 Å². The number of pyridine rings is 1. The third-order valence-electron chi connectivity index (χ3n) is 3.57. The maximum absolute atomic E-state index is 6.40. The quantitative estimate of drug-likeness (QED) is 0.577. The van der Waals surface area contributed by atoms with Crippen molar-refractivity contribution in [3.05, 3.63) is 37.9 Å². The fourth-order valence-electron chi connectivity index (χ4n) is 2.66. The molecule has 18 heavy (non-hydrogen) atoms. The van der Waals surface area contributed by atoms with Crippen molar-refractivity contribution in [2.75, 3.05) is 0 Å². The highest BCUT2D eigenvalue weighted by Gasteiger charge is 2.20. The van der Waals surface area contributed by atoms with Crippen molar-refractivity contribution < 1.29 is 0 Å². The Morgan fingerprint density at radius 3 is 2.56 bits per heavy atom. The first kappa shape index (κ1) is 12.9. The molecule has 1 saturated carbocycles. The van der Waals surface area contributed by atoms with Gasteiger partial charge in [0.15, 0.2) is 0 Å². The number of benzene rings is 1. The first-order chi connectivity index (χ1) is 8.65. The van der Waals surface area contributed by atoms with Gasteiger partial charge in [0.25, 0.3) is 0 Å². The van der Waals surface area contributed by atoms with Crippen LogP contribution in [0.5, 0.6) is 0 Å². The highest BCUT2D eigenvalue weighted by atomic mass is 79.9. The molecule has 1 heterocycles. The molecule has 0 saturated heterocycles. The van der Waals surface area contributed by atoms with E-state index >= 15 is 0 Å². The summed E-state index contributed by atoms with van der Waals surface area (Å²) in [6, 6.07) is 6.08. The van der Waals surface area contributed by atoms with Gasteiger partial charge in [-0.1, -0.05) is 40.4 Å². The molecule has 0 amide bonds. The molecule has 1 aromatic carbocycles. The standard InChI is InChI=1S/C14H12Br2ClN/c15-9-5-10-12(17)7-13(8-3-1-2-4-8)18-14(10)11(16)6-9/h5-8H,1-4H2. The molecule has 0 radical (unpaired) electrons. The van der Waals surface area contributed by atoms with E-state index in [-0.39, 0.29) is 0 Å². The van der Waals surface area contributed by atoms with Crippen molar-refractivity contribution in [3.8, 4) is 0 Å². The number of hydrogen-bond acceptors (Lipinski definition) is 1. The van der Waals surface area contributed by atoms with E-state index in [4.69, 9.17) is 16.6 Å². The smallest absolute Gasteiger partial charge is 0.0863 e. The lowest BCUT2D eigenvalue weighted by molar-refractivity contribution is 0.701. The lowest BCUT2D eigenvalue weighted by Gasteiger charge is -2.12. The zero-order valence-corrected chi connectivity index (χ0v) is 13.6. The molecule has 0 spiro atoms. The van der Waals surface area contributed by atoms with Crippen LogP contribution in [0.25, 0.3) is 10.9 Å². The van der Waals surface area contributed by atoms with E-state index in [1.54, 1.807) is 0 Å². The Labute approximate surface area is 128 Å². The molecular weight excluding hydrogens is 377 g/mol. The van der Waals surface area contributed by atoms with E-state index in [1.807, 2.05) is 18.2 Å². The molecule has 1 aliphatic rings. The second kappa shape index (κ2) is 5.10. The van der Waals surface area contributed by atoms with Crippen molar-refractivity contribution in [1.29, 1.82) is 0 Å². The summed E-state index contributed by atoms with van der Waals surface area (Å²) in [6.07, 6.45) is 5.10. The van der Waals surface area contributed by atoms with E-state index in [9.17, 15) is 0 Å². The lowest BCUT2D eigenvalue weighted by Crippen LogP contribution is -1.97. The number of halogens is 3. The van der Waals surface area contributed by atoms with Gasteiger partial charge in [-0.05, 0) is 47.0 Å². The zero-order valence-electron chi connectivity index (χ0n) is 9.72. The molecule has 3 rings (SSSR count). The van der Waals surface area contributed by atoms with Gasteiger partial charge in [0, 0.05) is 25.9 Å². The second-order valence-corrected chi connectivity index (χ2v) is 6.97. The van der Waals surface area contributed by atoms with E-state index in [0.29, 0.717) is 5.92 Å². The molecule has 1 aliphatic carbocycles. The van der Waals surface area contributed by atoms with Crippen LogP contribution in [0.2, 0.25) is 5.02 Å². The van der Waals surface area contributed by atoms with Gasteiger partial charge in [0.2, 0.25) is 0 Å². The van der Waals surface area contributed by atoms with E-state index < -0.39 is 0 Å². The maximum Gasteiger partial charge on any atom is 0.0863 e. The van der Waals surface area contributed by atoms with Crippen LogP contribution < -0.4 is 0 Å². The van der Waals surface area contributed by atoms with Gasteiger partial charge in [0.05, 0.1) is 10.5 Å². The first-order valence-corrected chi connectivity index (χ1v) is 8.07. The molecule has 1 nitrogen and oxygen atoms in total. The van der Waals surface area contributed by atoms with E-state index in [1.165, 1.54) is 25.7 Å². The van der Waals surface area contributed by atoms with Crippen molar-refractivity contribution in [1.82, 2.24) is 4.98 Å². The van der Waals surface area contributed by atoms with Gasteiger partial charge < -0.3 is 0 Å². The molecule has 0 unspecified atom stereocenters. The average Bonchev–Trinajstić information content (AvgIpc) is 2.83. The largest absolute Gasteiger partial charge is 0.251 e. The minimum Gasteiger partial charge on any atom is -0.251 e. The molecule has 0 aliphatic heterocycles. The SMILES string of the molecule is Clc1cc(C2CCCC2)nc2c(Br)cc(Br)cc12. The molecule has 0 atom stereocenters. The first-order valence-electron chi connectivity index (χ1n) is 6.10. The number of nitrogens with zero attached hydrogens (tertiary/aromatic N) is 1. The molecule has 1 aromatic heterocycles. The molecule has 1 fully saturated rings. The zero-order chi connectivity index (χ0) is 12.7. The van der Waals surface area contributed by atoms with Gasteiger partial charge in [-0.25, -0.2) is 0 Å². The normalized spacial score (nSPS) is 16.6. The Hall–Kier alpha value is -0.120. The minimum absolute atomic E-state index is 0.586. The van der Waals surface area contributed by atoms with Crippen LogP contribution in [0.1, 0.15) is 37.3 Å².